The van der Waals surface area contributed by atoms with Gasteiger partial charge in [0.15, 0.2) is 5.60 Å². The molecule has 5 heteroatoms. The average Bonchev–Trinajstić information content (AvgIpc) is 2.30. The fourth-order valence-electron chi connectivity index (χ4n) is 2.14. The highest BCUT2D eigenvalue weighted by molar-refractivity contribution is 6.05. The molecule has 1 aliphatic heterocycles. The standard InChI is InChI=1S/C14H18N2O3/c1-9(17)7-8-16-12-10(15)5-4-6-11(12)19-14(2,3)13(16)18/h4-6H,7-8,15H2,1-3H3. The Bertz CT molecular complexity index is 537. The van der Waals surface area contributed by atoms with Gasteiger partial charge in [0.05, 0.1) is 5.69 Å². The lowest BCUT2D eigenvalue weighted by Crippen LogP contribution is -2.53. The molecule has 0 spiro atoms. The summed E-state index contributed by atoms with van der Waals surface area (Å²) in [5.74, 6) is 0.431. The second kappa shape index (κ2) is 4.57. The summed E-state index contributed by atoms with van der Waals surface area (Å²) >= 11 is 0. The minimum Gasteiger partial charge on any atom is -0.476 e. The van der Waals surface area contributed by atoms with Crippen LogP contribution in [-0.2, 0) is 9.59 Å². The number of fused-ring (bicyclic) bond motifs is 1. The van der Waals surface area contributed by atoms with Crippen LogP contribution in [0, 0.1) is 0 Å². The highest BCUT2D eigenvalue weighted by Gasteiger charge is 2.41. The number of hydrogen-bond acceptors (Lipinski definition) is 4. The summed E-state index contributed by atoms with van der Waals surface area (Å²) < 4.78 is 5.69. The molecule has 0 saturated carbocycles. The van der Waals surface area contributed by atoms with Crippen molar-refractivity contribution in [3.63, 3.8) is 0 Å². The zero-order valence-electron chi connectivity index (χ0n) is 11.4. The van der Waals surface area contributed by atoms with Crippen molar-refractivity contribution in [2.75, 3.05) is 17.2 Å². The van der Waals surface area contributed by atoms with Crippen molar-refractivity contribution in [3.8, 4) is 5.75 Å². The number of amides is 1. The van der Waals surface area contributed by atoms with Crippen molar-refractivity contribution in [1.82, 2.24) is 0 Å². The van der Waals surface area contributed by atoms with Crippen molar-refractivity contribution in [2.24, 2.45) is 0 Å². The maximum absolute atomic E-state index is 12.4. The summed E-state index contributed by atoms with van der Waals surface area (Å²) in [6.07, 6.45) is 0.301. The fraction of sp³-hybridized carbons (Fsp3) is 0.429. The molecule has 1 aromatic carbocycles. The molecule has 1 amide bonds. The van der Waals surface area contributed by atoms with Gasteiger partial charge in [-0.1, -0.05) is 6.07 Å². The van der Waals surface area contributed by atoms with E-state index in [0.717, 1.165) is 0 Å². The van der Waals surface area contributed by atoms with Crippen LogP contribution in [0.25, 0.3) is 0 Å². The molecule has 0 atom stereocenters. The number of ketones is 1. The molecule has 0 unspecified atom stereocenters. The molecular formula is C14H18N2O3. The second-order valence-electron chi connectivity index (χ2n) is 5.22. The SMILES string of the molecule is CC(=O)CCN1C(=O)C(C)(C)Oc2cccc(N)c21. The molecule has 102 valence electrons. The molecule has 0 aromatic heterocycles. The summed E-state index contributed by atoms with van der Waals surface area (Å²) in [6, 6.07) is 5.28. The van der Waals surface area contributed by atoms with Crippen molar-refractivity contribution in [1.29, 1.82) is 0 Å². The van der Waals surface area contributed by atoms with Gasteiger partial charge in [0.25, 0.3) is 5.91 Å². The van der Waals surface area contributed by atoms with E-state index >= 15 is 0 Å². The van der Waals surface area contributed by atoms with Crippen molar-refractivity contribution < 1.29 is 14.3 Å². The van der Waals surface area contributed by atoms with Crippen molar-refractivity contribution in [2.45, 2.75) is 32.8 Å². The number of anilines is 2. The molecule has 0 fully saturated rings. The van der Waals surface area contributed by atoms with Gasteiger partial charge in [-0.15, -0.1) is 0 Å². The Hall–Kier alpha value is -2.04. The molecular weight excluding hydrogens is 244 g/mol. The van der Waals surface area contributed by atoms with Crippen molar-refractivity contribution in [3.05, 3.63) is 18.2 Å². The lowest BCUT2D eigenvalue weighted by molar-refractivity contribution is -0.132. The van der Waals surface area contributed by atoms with E-state index in [2.05, 4.69) is 0 Å². The first kappa shape index (κ1) is 13.4. The quantitative estimate of drug-likeness (QED) is 0.842. The number of rotatable bonds is 3. The van der Waals surface area contributed by atoms with E-state index in [1.807, 2.05) is 0 Å². The number of carbonyl (C=O) groups is 2. The molecule has 0 radical (unpaired) electrons. The second-order valence-corrected chi connectivity index (χ2v) is 5.22. The van der Waals surface area contributed by atoms with Crippen LogP contribution in [0.2, 0.25) is 0 Å². The highest BCUT2D eigenvalue weighted by atomic mass is 16.5. The van der Waals surface area contributed by atoms with E-state index in [1.54, 1.807) is 36.9 Å². The lowest BCUT2D eigenvalue weighted by atomic mass is 10.0. The van der Waals surface area contributed by atoms with Gasteiger partial charge in [0.2, 0.25) is 0 Å². The van der Waals surface area contributed by atoms with Crippen LogP contribution in [-0.4, -0.2) is 23.8 Å². The molecule has 0 bridgehead atoms. The number of Topliss-reactive ketones (excluding diaryl/α,β-unsaturated/α-hetero) is 1. The topological polar surface area (TPSA) is 72.6 Å². The first-order valence-corrected chi connectivity index (χ1v) is 6.22. The monoisotopic (exact) mass is 262 g/mol. The summed E-state index contributed by atoms with van der Waals surface area (Å²) in [5.41, 5.74) is 6.02. The molecule has 2 N–H and O–H groups in total. The fourth-order valence-corrected chi connectivity index (χ4v) is 2.14. The predicted octanol–water partition coefficient (Wildman–Crippen LogP) is 1.75. The van der Waals surface area contributed by atoms with Crippen LogP contribution in [0.1, 0.15) is 27.2 Å². The van der Waals surface area contributed by atoms with E-state index in [-0.39, 0.29) is 11.7 Å². The third kappa shape index (κ3) is 2.41. The van der Waals surface area contributed by atoms with E-state index in [1.165, 1.54) is 6.92 Å². The number of nitrogens with zero attached hydrogens (tertiary/aromatic N) is 1. The van der Waals surface area contributed by atoms with E-state index < -0.39 is 5.60 Å². The minimum absolute atomic E-state index is 0.0353. The number of nitrogens with two attached hydrogens (primary N) is 1. The Morgan fingerprint density at radius 2 is 2.11 bits per heavy atom. The van der Waals surface area contributed by atoms with Crippen LogP contribution in [0.3, 0.4) is 0 Å². The van der Waals surface area contributed by atoms with Gasteiger partial charge in [0.1, 0.15) is 17.2 Å². The maximum Gasteiger partial charge on any atom is 0.270 e. The maximum atomic E-state index is 12.4. The van der Waals surface area contributed by atoms with E-state index in [9.17, 15) is 9.59 Å². The Labute approximate surface area is 112 Å². The number of carbonyl (C=O) groups excluding carboxylic acids is 2. The zero-order valence-corrected chi connectivity index (χ0v) is 11.4. The minimum atomic E-state index is -0.947. The Morgan fingerprint density at radius 1 is 1.42 bits per heavy atom. The van der Waals surface area contributed by atoms with Gasteiger partial charge >= 0.3 is 0 Å². The summed E-state index contributed by atoms with van der Waals surface area (Å²) in [6.45, 7) is 5.25. The van der Waals surface area contributed by atoms with Crippen LogP contribution in [0.5, 0.6) is 5.75 Å². The Morgan fingerprint density at radius 3 is 2.74 bits per heavy atom. The van der Waals surface area contributed by atoms with Crippen LogP contribution in [0.15, 0.2) is 18.2 Å². The number of para-hydroxylation sites is 1. The van der Waals surface area contributed by atoms with Gasteiger partial charge in [-0.3, -0.25) is 9.59 Å². The molecule has 1 heterocycles. The molecule has 1 aromatic rings. The zero-order chi connectivity index (χ0) is 14.2. The van der Waals surface area contributed by atoms with Crippen LogP contribution in [0.4, 0.5) is 11.4 Å². The smallest absolute Gasteiger partial charge is 0.270 e. The molecule has 2 rings (SSSR count). The van der Waals surface area contributed by atoms with Gasteiger partial charge in [-0.2, -0.15) is 0 Å². The number of benzene rings is 1. The Balaban J connectivity index is 2.45. The molecule has 0 aliphatic carbocycles. The molecule has 19 heavy (non-hydrogen) atoms. The number of ether oxygens (including phenoxy) is 1. The molecule has 5 nitrogen and oxygen atoms in total. The average molecular weight is 262 g/mol. The van der Waals surface area contributed by atoms with Gasteiger partial charge in [-0.05, 0) is 32.9 Å². The lowest BCUT2D eigenvalue weighted by Gasteiger charge is -2.39. The first-order valence-electron chi connectivity index (χ1n) is 6.22. The van der Waals surface area contributed by atoms with Gasteiger partial charge in [0, 0.05) is 13.0 Å². The normalized spacial score (nSPS) is 16.8. The molecule has 0 saturated heterocycles. The Kier molecular flexibility index (Phi) is 3.22. The first-order chi connectivity index (χ1) is 8.83. The highest BCUT2D eigenvalue weighted by Crippen LogP contribution is 2.41. The largest absolute Gasteiger partial charge is 0.476 e. The number of nitrogen functional groups attached to an aromatic ring is 1. The van der Waals surface area contributed by atoms with Gasteiger partial charge < -0.3 is 15.4 Å². The summed E-state index contributed by atoms with van der Waals surface area (Å²) in [7, 11) is 0. The van der Waals surface area contributed by atoms with Gasteiger partial charge in [-0.25, -0.2) is 0 Å². The third-order valence-corrected chi connectivity index (χ3v) is 3.11. The summed E-state index contributed by atoms with van der Waals surface area (Å²) in [4.78, 5) is 25.1. The third-order valence-electron chi connectivity index (χ3n) is 3.11. The van der Waals surface area contributed by atoms with E-state index in [4.69, 9.17) is 10.5 Å². The number of hydrogen-bond donors (Lipinski definition) is 1. The summed E-state index contributed by atoms with van der Waals surface area (Å²) in [5, 5.41) is 0. The van der Waals surface area contributed by atoms with E-state index in [0.29, 0.717) is 30.1 Å². The predicted molar refractivity (Wildman–Crippen MR) is 73.2 cm³/mol. The molecule has 1 aliphatic rings. The van der Waals surface area contributed by atoms with Crippen molar-refractivity contribution >= 4 is 23.1 Å². The van der Waals surface area contributed by atoms with Crippen LogP contribution >= 0.6 is 0 Å². The van der Waals surface area contributed by atoms with Crippen LogP contribution < -0.4 is 15.4 Å².